The summed E-state index contributed by atoms with van der Waals surface area (Å²) in [5, 5.41) is 10.1. The topological polar surface area (TPSA) is 35.9 Å². The molecule has 1 aliphatic rings. The summed E-state index contributed by atoms with van der Waals surface area (Å²) in [6.07, 6.45) is 5.09. The molecule has 0 aliphatic heterocycles. The van der Waals surface area contributed by atoms with Gasteiger partial charge in [-0.1, -0.05) is 0 Å². The smallest absolute Gasteiger partial charge is 0.0528 e. The quantitative estimate of drug-likeness (QED) is 0.509. The van der Waals surface area contributed by atoms with Gasteiger partial charge in [-0.2, -0.15) is 0 Å². The average molecular weight is 112 g/mol. The monoisotopic (exact) mass is 112 g/mol. The number of nitrogens with one attached hydrogen (secondary N) is 2. The van der Waals surface area contributed by atoms with E-state index in [0.29, 0.717) is 0 Å². The molecular formula is C6H12N2. The molecule has 8 heavy (non-hydrogen) atoms. The molecule has 0 heterocycles. The summed E-state index contributed by atoms with van der Waals surface area (Å²) >= 11 is 0. The minimum atomic E-state index is 0.0972. The lowest BCUT2D eigenvalue weighted by Crippen LogP contribution is -2.50. The first-order valence-corrected chi connectivity index (χ1v) is 3.03. The van der Waals surface area contributed by atoms with Gasteiger partial charge in [0.15, 0.2) is 0 Å². The first kappa shape index (κ1) is 5.76. The highest BCUT2D eigenvalue weighted by Gasteiger charge is 2.32. The molecular weight excluding hydrogens is 100 g/mol. The SMILES string of the molecule is CNC1(C=N)CCC1. The van der Waals surface area contributed by atoms with Gasteiger partial charge in [0.05, 0.1) is 5.54 Å². The van der Waals surface area contributed by atoms with E-state index in [9.17, 15) is 0 Å². The van der Waals surface area contributed by atoms with Gasteiger partial charge in [0.2, 0.25) is 0 Å². The molecule has 2 heteroatoms. The van der Waals surface area contributed by atoms with Gasteiger partial charge in [-0.05, 0) is 26.3 Å². The van der Waals surface area contributed by atoms with Gasteiger partial charge in [0.1, 0.15) is 0 Å². The Morgan fingerprint density at radius 3 is 2.25 bits per heavy atom. The first-order valence-electron chi connectivity index (χ1n) is 3.03. The third-order valence-electron chi connectivity index (χ3n) is 2.02. The highest BCUT2D eigenvalue weighted by Crippen LogP contribution is 2.28. The third kappa shape index (κ3) is 0.650. The van der Waals surface area contributed by atoms with Crippen molar-refractivity contribution >= 4 is 6.21 Å². The van der Waals surface area contributed by atoms with Crippen LogP contribution in [0.25, 0.3) is 0 Å². The fraction of sp³-hybridized carbons (Fsp3) is 0.833. The molecule has 46 valence electrons. The molecule has 1 saturated carbocycles. The van der Waals surface area contributed by atoms with Gasteiger partial charge in [-0.3, -0.25) is 0 Å². The molecule has 0 aromatic carbocycles. The third-order valence-corrected chi connectivity index (χ3v) is 2.02. The zero-order chi connectivity index (χ0) is 6.04. The Kier molecular flexibility index (Phi) is 1.34. The highest BCUT2D eigenvalue weighted by molar-refractivity contribution is 5.68. The van der Waals surface area contributed by atoms with E-state index in [0.717, 1.165) is 12.8 Å². The van der Waals surface area contributed by atoms with Gasteiger partial charge in [-0.25, -0.2) is 0 Å². The second-order valence-corrected chi connectivity index (χ2v) is 2.40. The van der Waals surface area contributed by atoms with E-state index in [1.807, 2.05) is 7.05 Å². The maximum Gasteiger partial charge on any atom is 0.0528 e. The Balaban J connectivity index is 2.45. The molecule has 0 atom stereocenters. The molecule has 0 saturated heterocycles. The van der Waals surface area contributed by atoms with Crippen LogP contribution in [0.15, 0.2) is 0 Å². The number of hydrogen-bond acceptors (Lipinski definition) is 2. The number of hydrogen-bond donors (Lipinski definition) is 2. The van der Waals surface area contributed by atoms with Crippen molar-refractivity contribution in [2.45, 2.75) is 24.8 Å². The minimum absolute atomic E-state index is 0.0972. The van der Waals surface area contributed by atoms with Gasteiger partial charge < -0.3 is 10.7 Å². The molecule has 1 aliphatic carbocycles. The van der Waals surface area contributed by atoms with Crippen LogP contribution in [0.4, 0.5) is 0 Å². The summed E-state index contributed by atoms with van der Waals surface area (Å²) in [7, 11) is 1.92. The van der Waals surface area contributed by atoms with Crippen molar-refractivity contribution in [1.29, 1.82) is 5.41 Å². The standard InChI is InChI=1S/C6H12N2/c1-8-6(5-7)3-2-4-6/h5,7-8H,2-4H2,1H3. The van der Waals surface area contributed by atoms with Crippen LogP contribution >= 0.6 is 0 Å². The zero-order valence-electron chi connectivity index (χ0n) is 5.20. The average Bonchev–Trinajstić information content (AvgIpc) is 1.67. The Labute approximate surface area is 49.8 Å². The lowest BCUT2D eigenvalue weighted by atomic mass is 9.78. The molecule has 0 aromatic rings. The Morgan fingerprint density at radius 1 is 1.62 bits per heavy atom. The largest absolute Gasteiger partial charge is 0.311 e. The molecule has 2 nitrogen and oxygen atoms in total. The molecule has 0 unspecified atom stereocenters. The summed E-state index contributed by atoms with van der Waals surface area (Å²) < 4.78 is 0. The van der Waals surface area contributed by atoms with E-state index in [1.54, 1.807) is 0 Å². The van der Waals surface area contributed by atoms with E-state index in [2.05, 4.69) is 5.32 Å². The molecule has 0 bridgehead atoms. The van der Waals surface area contributed by atoms with E-state index in [-0.39, 0.29) is 5.54 Å². The molecule has 1 rings (SSSR count). The predicted octanol–water partition coefficient (Wildman–Crippen LogP) is 0.778. The summed E-state index contributed by atoms with van der Waals surface area (Å²) in [6, 6.07) is 0. The van der Waals surface area contributed by atoms with Crippen LogP contribution in [0.5, 0.6) is 0 Å². The van der Waals surface area contributed by atoms with E-state index in [1.165, 1.54) is 12.6 Å². The zero-order valence-corrected chi connectivity index (χ0v) is 5.20. The molecule has 1 fully saturated rings. The van der Waals surface area contributed by atoms with Crippen LogP contribution < -0.4 is 5.32 Å². The van der Waals surface area contributed by atoms with E-state index >= 15 is 0 Å². The van der Waals surface area contributed by atoms with Crippen molar-refractivity contribution in [2.24, 2.45) is 0 Å². The second-order valence-electron chi connectivity index (χ2n) is 2.40. The summed E-state index contributed by atoms with van der Waals surface area (Å²) in [6.45, 7) is 0. The fourth-order valence-electron chi connectivity index (χ4n) is 1.02. The summed E-state index contributed by atoms with van der Waals surface area (Å²) in [5.41, 5.74) is 0.0972. The Hall–Kier alpha value is -0.370. The van der Waals surface area contributed by atoms with Crippen molar-refractivity contribution in [3.05, 3.63) is 0 Å². The van der Waals surface area contributed by atoms with Crippen molar-refractivity contribution in [2.75, 3.05) is 7.05 Å². The van der Waals surface area contributed by atoms with Gasteiger partial charge in [-0.15, -0.1) is 0 Å². The lowest BCUT2D eigenvalue weighted by molar-refractivity contribution is 0.294. The van der Waals surface area contributed by atoms with E-state index in [4.69, 9.17) is 5.41 Å². The Bertz CT molecular complexity index is 89.2. The van der Waals surface area contributed by atoms with Crippen molar-refractivity contribution in [3.8, 4) is 0 Å². The van der Waals surface area contributed by atoms with Crippen molar-refractivity contribution in [1.82, 2.24) is 5.32 Å². The van der Waals surface area contributed by atoms with Crippen LogP contribution in [-0.4, -0.2) is 18.8 Å². The maximum absolute atomic E-state index is 7.02. The van der Waals surface area contributed by atoms with Crippen LogP contribution in [0, 0.1) is 5.41 Å². The summed E-state index contributed by atoms with van der Waals surface area (Å²) in [4.78, 5) is 0. The van der Waals surface area contributed by atoms with Gasteiger partial charge in [0, 0.05) is 6.21 Å². The predicted molar refractivity (Wildman–Crippen MR) is 34.4 cm³/mol. The van der Waals surface area contributed by atoms with Crippen LogP contribution in [0.1, 0.15) is 19.3 Å². The molecule has 0 spiro atoms. The maximum atomic E-state index is 7.02. The fourth-order valence-corrected chi connectivity index (χ4v) is 1.02. The lowest BCUT2D eigenvalue weighted by Gasteiger charge is -2.37. The molecule has 2 N–H and O–H groups in total. The van der Waals surface area contributed by atoms with Crippen LogP contribution in [0.2, 0.25) is 0 Å². The van der Waals surface area contributed by atoms with Crippen LogP contribution in [0.3, 0.4) is 0 Å². The van der Waals surface area contributed by atoms with Gasteiger partial charge >= 0.3 is 0 Å². The van der Waals surface area contributed by atoms with Gasteiger partial charge in [0.25, 0.3) is 0 Å². The van der Waals surface area contributed by atoms with Crippen LogP contribution in [-0.2, 0) is 0 Å². The normalized spacial score (nSPS) is 24.1. The van der Waals surface area contributed by atoms with Crippen molar-refractivity contribution < 1.29 is 0 Å². The highest BCUT2D eigenvalue weighted by atomic mass is 15.0. The summed E-state index contributed by atoms with van der Waals surface area (Å²) in [5.74, 6) is 0. The molecule has 0 aromatic heterocycles. The second kappa shape index (κ2) is 1.86. The van der Waals surface area contributed by atoms with Crippen molar-refractivity contribution in [3.63, 3.8) is 0 Å². The first-order chi connectivity index (χ1) is 3.83. The Morgan fingerprint density at radius 2 is 2.25 bits per heavy atom. The molecule has 0 amide bonds. The number of rotatable bonds is 2. The minimum Gasteiger partial charge on any atom is -0.311 e. The van der Waals surface area contributed by atoms with E-state index < -0.39 is 0 Å². The molecule has 0 radical (unpaired) electrons.